The second-order valence-corrected chi connectivity index (χ2v) is 3.48. The maximum Gasteiger partial charge on any atom is 0.307 e. The van der Waals surface area contributed by atoms with Gasteiger partial charge in [-0.1, -0.05) is 0 Å². The number of hydrogen-bond acceptors (Lipinski definition) is 3. The maximum absolute atomic E-state index is 11.3. The molecule has 1 atom stereocenters. The van der Waals surface area contributed by atoms with E-state index in [1.165, 1.54) is 0 Å². The number of carbonyl (C=O) groups excluding carboxylic acids is 1. The molecule has 0 aliphatic heterocycles. The molecule has 0 heterocycles. The normalized spacial score (nSPS) is 25.2. The van der Waals surface area contributed by atoms with Gasteiger partial charge < -0.3 is 10.0 Å². The summed E-state index contributed by atoms with van der Waals surface area (Å²) in [5, 5.41) is 8.69. The van der Waals surface area contributed by atoms with Crippen molar-refractivity contribution >= 4 is 11.8 Å². The third-order valence-corrected chi connectivity index (χ3v) is 2.02. The first-order chi connectivity index (χ1) is 6.00. The summed E-state index contributed by atoms with van der Waals surface area (Å²) in [7, 11) is 3.63. The number of nitrogens with zero attached hydrogens (tertiary/aromatic N) is 1. The minimum Gasteiger partial charge on any atom is -0.481 e. The Kier molecular flexibility index (Phi) is 2.70. The molecule has 0 amide bonds. The van der Waals surface area contributed by atoms with Crippen LogP contribution in [0.1, 0.15) is 12.8 Å². The van der Waals surface area contributed by atoms with E-state index in [1.54, 1.807) is 11.1 Å². The highest BCUT2D eigenvalue weighted by Gasteiger charge is 2.32. The number of ketones is 1. The number of hydrogen-bond donors (Lipinski definition) is 1. The Balaban J connectivity index is 2.72. The van der Waals surface area contributed by atoms with Crippen LogP contribution in [0, 0.1) is 5.92 Å². The van der Waals surface area contributed by atoms with Crippen LogP contribution in [0.3, 0.4) is 0 Å². The summed E-state index contributed by atoms with van der Waals surface area (Å²) in [6.07, 6.45) is 2.21. The second-order valence-electron chi connectivity index (χ2n) is 3.48. The number of aliphatic carboxylic acids is 1. The second kappa shape index (κ2) is 3.60. The Labute approximate surface area is 76.8 Å². The van der Waals surface area contributed by atoms with Crippen molar-refractivity contribution in [3.63, 3.8) is 0 Å². The van der Waals surface area contributed by atoms with E-state index in [0.29, 0.717) is 12.0 Å². The fourth-order valence-electron chi connectivity index (χ4n) is 1.42. The van der Waals surface area contributed by atoms with E-state index in [2.05, 4.69) is 0 Å². The van der Waals surface area contributed by atoms with Crippen molar-refractivity contribution in [2.45, 2.75) is 12.8 Å². The van der Waals surface area contributed by atoms with E-state index < -0.39 is 11.9 Å². The van der Waals surface area contributed by atoms with Crippen molar-refractivity contribution in [3.8, 4) is 0 Å². The Bertz CT molecular complexity index is 268. The van der Waals surface area contributed by atoms with Crippen molar-refractivity contribution in [3.05, 3.63) is 11.8 Å². The van der Waals surface area contributed by atoms with Crippen molar-refractivity contribution in [1.82, 2.24) is 4.90 Å². The Morgan fingerprint density at radius 3 is 2.54 bits per heavy atom. The van der Waals surface area contributed by atoms with Crippen LogP contribution in [0.2, 0.25) is 0 Å². The number of carboxylic acid groups (broad SMARTS) is 1. The van der Waals surface area contributed by atoms with Crippen LogP contribution in [0.5, 0.6) is 0 Å². The lowest BCUT2D eigenvalue weighted by Crippen LogP contribution is -2.09. The van der Waals surface area contributed by atoms with Crippen molar-refractivity contribution in [1.29, 1.82) is 0 Å². The van der Waals surface area contributed by atoms with Crippen LogP contribution in [-0.2, 0) is 9.59 Å². The topological polar surface area (TPSA) is 57.6 Å². The lowest BCUT2D eigenvalue weighted by atomic mass is 10.1. The fourth-order valence-corrected chi connectivity index (χ4v) is 1.42. The van der Waals surface area contributed by atoms with Gasteiger partial charge in [-0.25, -0.2) is 0 Å². The van der Waals surface area contributed by atoms with Crippen LogP contribution in [0.15, 0.2) is 11.8 Å². The first kappa shape index (κ1) is 9.77. The van der Waals surface area contributed by atoms with Gasteiger partial charge in [0.1, 0.15) is 0 Å². The molecule has 72 valence electrons. The first-order valence-corrected chi connectivity index (χ1v) is 4.14. The smallest absolute Gasteiger partial charge is 0.307 e. The molecule has 0 aromatic heterocycles. The molecular formula is C9H13NO3. The fraction of sp³-hybridized carbons (Fsp3) is 0.556. The van der Waals surface area contributed by atoms with Crippen LogP contribution in [0.25, 0.3) is 0 Å². The van der Waals surface area contributed by atoms with Crippen LogP contribution in [-0.4, -0.2) is 35.9 Å². The highest BCUT2D eigenvalue weighted by Crippen LogP contribution is 2.27. The molecule has 1 N–H and O–H groups in total. The zero-order chi connectivity index (χ0) is 10.0. The first-order valence-electron chi connectivity index (χ1n) is 4.14. The van der Waals surface area contributed by atoms with Gasteiger partial charge in [-0.05, 0) is 6.42 Å². The van der Waals surface area contributed by atoms with E-state index in [1.807, 2.05) is 14.1 Å². The van der Waals surface area contributed by atoms with Crippen LogP contribution >= 0.6 is 0 Å². The van der Waals surface area contributed by atoms with Gasteiger partial charge in [0.05, 0.1) is 5.92 Å². The maximum atomic E-state index is 11.3. The van der Waals surface area contributed by atoms with Crippen molar-refractivity contribution in [2.24, 2.45) is 5.92 Å². The molecule has 1 aliphatic carbocycles. The minimum absolute atomic E-state index is 0.0406. The van der Waals surface area contributed by atoms with Gasteiger partial charge in [0, 0.05) is 32.3 Å². The summed E-state index contributed by atoms with van der Waals surface area (Å²) < 4.78 is 0. The van der Waals surface area contributed by atoms with Crippen LogP contribution in [0.4, 0.5) is 0 Å². The molecule has 13 heavy (non-hydrogen) atoms. The van der Waals surface area contributed by atoms with Gasteiger partial charge in [0.15, 0.2) is 5.78 Å². The van der Waals surface area contributed by atoms with E-state index >= 15 is 0 Å². The van der Waals surface area contributed by atoms with E-state index in [9.17, 15) is 9.59 Å². The van der Waals surface area contributed by atoms with Gasteiger partial charge in [-0.15, -0.1) is 0 Å². The lowest BCUT2D eigenvalue weighted by molar-refractivity contribution is -0.142. The zero-order valence-corrected chi connectivity index (χ0v) is 7.78. The largest absolute Gasteiger partial charge is 0.481 e. The van der Waals surface area contributed by atoms with Crippen LogP contribution < -0.4 is 0 Å². The molecule has 1 unspecified atom stereocenters. The minimum atomic E-state index is -0.879. The van der Waals surface area contributed by atoms with Gasteiger partial charge in [0.25, 0.3) is 0 Å². The molecule has 1 aliphatic rings. The van der Waals surface area contributed by atoms with Gasteiger partial charge >= 0.3 is 5.97 Å². The highest BCUT2D eigenvalue weighted by atomic mass is 16.4. The molecule has 0 aromatic carbocycles. The monoisotopic (exact) mass is 183 g/mol. The summed E-state index contributed by atoms with van der Waals surface area (Å²) in [5.41, 5.74) is 0.623. The quantitative estimate of drug-likeness (QED) is 0.633. The molecule has 0 saturated heterocycles. The molecule has 0 aromatic rings. The molecule has 1 rings (SSSR count). The van der Waals surface area contributed by atoms with E-state index in [0.717, 1.165) is 0 Å². The van der Waals surface area contributed by atoms with Crippen molar-refractivity contribution < 1.29 is 14.7 Å². The number of Topliss-reactive ketones (excluding diaryl/α,β-unsaturated/α-hetero) is 1. The summed E-state index contributed by atoms with van der Waals surface area (Å²) in [5.74, 6) is -1.43. The predicted octanol–water partition coefficient (Wildman–Crippen LogP) is 0.496. The van der Waals surface area contributed by atoms with Crippen molar-refractivity contribution in [2.75, 3.05) is 14.1 Å². The molecular weight excluding hydrogens is 170 g/mol. The number of allylic oxidation sites excluding steroid dienone is 1. The molecule has 4 heteroatoms. The summed E-state index contributed by atoms with van der Waals surface area (Å²) in [6.45, 7) is 0. The molecule has 1 fully saturated rings. The number of carboxylic acids is 1. The average Bonchev–Trinajstić information content (AvgIpc) is 2.31. The average molecular weight is 183 g/mol. The third kappa shape index (κ3) is 2.31. The molecule has 0 bridgehead atoms. The predicted molar refractivity (Wildman–Crippen MR) is 47.1 cm³/mol. The van der Waals surface area contributed by atoms with E-state index in [-0.39, 0.29) is 12.2 Å². The van der Waals surface area contributed by atoms with Gasteiger partial charge in [-0.3, -0.25) is 9.59 Å². The Morgan fingerprint density at radius 1 is 1.54 bits per heavy atom. The van der Waals surface area contributed by atoms with Gasteiger partial charge in [0.2, 0.25) is 0 Å². The Morgan fingerprint density at radius 2 is 2.15 bits per heavy atom. The SMILES string of the molecule is CN(C)/C=C1/CC(C(=O)O)CC1=O. The number of carbonyl (C=O) groups is 2. The zero-order valence-electron chi connectivity index (χ0n) is 7.78. The molecule has 0 spiro atoms. The molecule has 1 saturated carbocycles. The summed E-state index contributed by atoms with van der Waals surface area (Å²) >= 11 is 0. The standard InChI is InChI=1S/C9H13NO3/c1-10(2)5-7-3-6(9(12)13)4-8(7)11/h5-6H,3-4H2,1-2H3,(H,12,13)/b7-5-. The summed E-state index contributed by atoms with van der Waals surface area (Å²) in [6, 6.07) is 0. The lowest BCUT2D eigenvalue weighted by Gasteiger charge is -2.05. The molecule has 0 radical (unpaired) electrons. The third-order valence-electron chi connectivity index (χ3n) is 2.02. The van der Waals surface area contributed by atoms with E-state index in [4.69, 9.17) is 5.11 Å². The Hall–Kier alpha value is -1.32. The molecule has 4 nitrogen and oxygen atoms in total. The summed E-state index contributed by atoms with van der Waals surface area (Å²) in [4.78, 5) is 23.6. The van der Waals surface area contributed by atoms with Gasteiger partial charge in [-0.2, -0.15) is 0 Å². The highest BCUT2D eigenvalue weighted by molar-refractivity contribution is 6.00. The number of rotatable bonds is 2.